The van der Waals surface area contributed by atoms with E-state index in [0.717, 1.165) is 18.5 Å². The van der Waals surface area contributed by atoms with Crippen molar-refractivity contribution in [1.82, 2.24) is 5.32 Å². The van der Waals surface area contributed by atoms with E-state index in [2.05, 4.69) is 12.2 Å². The first-order valence-corrected chi connectivity index (χ1v) is 7.97. The number of rotatable bonds is 6. The lowest BCUT2D eigenvalue weighted by Crippen LogP contribution is -2.34. The van der Waals surface area contributed by atoms with Crippen molar-refractivity contribution in [3.8, 4) is 0 Å². The van der Waals surface area contributed by atoms with E-state index in [0.29, 0.717) is 11.8 Å². The quantitative estimate of drug-likeness (QED) is 0.871. The standard InChI is InChI=1S/C15H24FNOS/c1-12(11-13-5-7-14(16)8-6-13)17-9-10-19(18)15(2,3)4/h5-8,12,17H,9-11H2,1-4H3/t12-,19-/m1/s1. The molecule has 0 saturated carbocycles. The van der Waals surface area contributed by atoms with Crippen LogP contribution in [0.2, 0.25) is 0 Å². The van der Waals surface area contributed by atoms with Crippen molar-refractivity contribution < 1.29 is 8.60 Å². The molecule has 1 aromatic carbocycles. The Morgan fingerprint density at radius 1 is 1.26 bits per heavy atom. The molecule has 1 rings (SSSR count). The van der Waals surface area contributed by atoms with Crippen LogP contribution in [0, 0.1) is 5.82 Å². The molecule has 0 aromatic heterocycles. The maximum absolute atomic E-state index is 12.8. The second-order valence-corrected chi connectivity index (χ2v) is 8.17. The molecular weight excluding hydrogens is 261 g/mol. The van der Waals surface area contributed by atoms with Crippen LogP contribution in [0.25, 0.3) is 0 Å². The first-order chi connectivity index (χ1) is 8.79. The fraction of sp³-hybridized carbons (Fsp3) is 0.600. The van der Waals surface area contributed by atoms with E-state index in [1.165, 1.54) is 12.1 Å². The normalized spacial score (nSPS) is 15.2. The van der Waals surface area contributed by atoms with E-state index in [1.807, 2.05) is 20.8 Å². The second kappa shape index (κ2) is 7.15. The van der Waals surface area contributed by atoms with Crippen LogP contribution in [0.15, 0.2) is 24.3 Å². The molecule has 0 radical (unpaired) electrons. The largest absolute Gasteiger partial charge is 0.313 e. The van der Waals surface area contributed by atoms with Gasteiger partial charge in [-0.15, -0.1) is 0 Å². The molecule has 2 nitrogen and oxygen atoms in total. The van der Waals surface area contributed by atoms with Crippen LogP contribution in [-0.2, 0) is 17.2 Å². The molecule has 1 aromatic rings. The lowest BCUT2D eigenvalue weighted by Gasteiger charge is -2.19. The van der Waals surface area contributed by atoms with Gasteiger partial charge in [-0.3, -0.25) is 4.21 Å². The summed E-state index contributed by atoms with van der Waals surface area (Å²) in [5.74, 6) is 0.460. The summed E-state index contributed by atoms with van der Waals surface area (Å²) in [7, 11) is -0.815. The van der Waals surface area contributed by atoms with Crippen LogP contribution in [-0.4, -0.2) is 27.3 Å². The van der Waals surface area contributed by atoms with Crippen molar-refractivity contribution in [2.24, 2.45) is 0 Å². The second-order valence-electron chi connectivity index (χ2n) is 5.85. The summed E-state index contributed by atoms with van der Waals surface area (Å²) in [4.78, 5) is 0. The maximum atomic E-state index is 12.8. The zero-order chi connectivity index (χ0) is 14.5. The average molecular weight is 285 g/mol. The highest BCUT2D eigenvalue weighted by molar-refractivity contribution is 7.86. The minimum Gasteiger partial charge on any atom is -0.313 e. The summed E-state index contributed by atoms with van der Waals surface area (Å²) in [6.45, 7) is 8.80. The van der Waals surface area contributed by atoms with Crippen molar-refractivity contribution in [3.05, 3.63) is 35.6 Å². The van der Waals surface area contributed by atoms with E-state index in [4.69, 9.17) is 0 Å². The summed E-state index contributed by atoms with van der Waals surface area (Å²) in [5, 5.41) is 3.36. The van der Waals surface area contributed by atoms with E-state index >= 15 is 0 Å². The lowest BCUT2D eigenvalue weighted by molar-refractivity contribution is 0.561. The highest BCUT2D eigenvalue weighted by Gasteiger charge is 2.18. The molecule has 4 heteroatoms. The smallest absolute Gasteiger partial charge is 0.123 e. The van der Waals surface area contributed by atoms with Gasteiger partial charge in [0, 0.05) is 33.9 Å². The van der Waals surface area contributed by atoms with E-state index < -0.39 is 10.8 Å². The molecule has 0 aliphatic rings. The van der Waals surface area contributed by atoms with Gasteiger partial charge in [-0.25, -0.2) is 4.39 Å². The van der Waals surface area contributed by atoms with Crippen LogP contribution in [0.5, 0.6) is 0 Å². The van der Waals surface area contributed by atoms with Crippen LogP contribution < -0.4 is 5.32 Å². The van der Waals surface area contributed by atoms with Crippen molar-refractivity contribution in [2.45, 2.75) is 44.9 Å². The number of benzene rings is 1. The monoisotopic (exact) mass is 285 g/mol. The van der Waals surface area contributed by atoms with Gasteiger partial charge < -0.3 is 5.32 Å². The summed E-state index contributed by atoms with van der Waals surface area (Å²) in [6, 6.07) is 6.87. The Balaban J connectivity index is 2.30. The highest BCUT2D eigenvalue weighted by atomic mass is 32.2. The van der Waals surface area contributed by atoms with Gasteiger partial charge in [0.15, 0.2) is 0 Å². The maximum Gasteiger partial charge on any atom is 0.123 e. The number of halogens is 1. The summed E-state index contributed by atoms with van der Waals surface area (Å²) >= 11 is 0. The minimum atomic E-state index is -0.815. The van der Waals surface area contributed by atoms with Crippen molar-refractivity contribution in [1.29, 1.82) is 0 Å². The molecule has 2 atom stereocenters. The number of nitrogens with one attached hydrogen (secondary N) is 1. The molecule has 1 N–H and O–H groups in total. The van der Waals surface area contributed by atoms with Gasteiger partial charge in [0.05, 0.1) is 0 Å². The van der Waals surface area contributed by atoms with Gasteiger partial charge in [-0.2, -0.15) is 0 Å². The third-order valence-corrected chi connectivity index (χ3v) is 4.86. The molecule has 0 heterocycles. The molecule has 0 aliphatic heterocycles. The summed E-state index contributed by atoms with van der Waals surface area (Å²) < 4.78 is 24.5. The topological polar surface area (TPSA) is 29.1 Å². The molecule has 0 fully saturated rings. The molecule has 19 heavy (non-hydrogen) atoms. The van der Waals surface area contributed by atoms with Crippen LogP contribution in [0.3, 0.4) is 0 Å². The van der Waals surface area contributed by atoms with Gasteiger partial charge in [0.2, 0.25) is 0 Å². The third-order valence-electron chi connectivity index (χ3n) is 2.92. The van der Waals surface area contributed by atoms with Crippen molar-refractivity contribution in [3.63, 3.8) is 0 Å². The van der Waals surface area contributed by atoms with Crippen molar-refractivity contribution in [2.75, 3.05) is 12.3 Å². The third kappa shape index (κ3) is 6.30. The number of hydrogen-bond acceptors (Lipinski definition) is 2. The molecule has 0 amide bonds. The Kier molecular flexibility index (Phi) is 6.14. The Labute approximate surface area is 118 Å². The SMILES string of the molecule is C[C@H](Cc1ccc(F)cc1)NCC[S@@](=O)C(C)(C)C. The Morgan fingerprint density at radius 2 is 1.84 bits per heavy atom. The summed E-state index contributed by atoms with van der Waals surface area (Å²) in [6.07, 6.45) is 0.850. The predicted molar refractivity (Wildman–Crippen MR) is 80.3 cm³/mol. The van der Waals surface area contributed by atoms with Crippen molar-refractivity contribution >= 4 is 10.8 Å². The molecule has 0 spiro atoms. The van der Waals surface area contributed by atoms with E-state index in [-0.39, 0.29) is 10.6 Å². The molecule has 108 valence electrons. The van der Waals surface area contributed by atoms with Crippen LogP contribution in [0.4, 0.5) is 4.39 Å². The van der Waals surface area contributed by atoms with Gasteiger partial charge in [0.1, 0.15) is 5.82 Å². The molecule has 0 aliphatic carbocycles. The minimum absolute atomic E-state index is 0.151. The average Bonchev–Trinajstić information content (AvgIpc) is 2.31. The lowest BCUT2D eigenvalue weighted by atomic mass is 10.1. The van der Waals surface area contributed by atoms with Crippen LogP contribution >= 0.6 is 0 Å². The molecular formula is C15H24FNOS. The fourth-order valence-electron chi connectivity index (χ4n) is 1.75. The molecule has 0 unspecified atom stereocenters. The first kappa shape index (κ1) is 16.3. The van der Waals surface area contributed by atoms with Gasteiger partial charge >= 0.3 is 0 Å². The molecule has 0 saturated heterocycles. The Hall–Kier alpha value is -0.740. The fourth-order valence-corrected chi connectivity index (χ4v) is 2.67. The number of hydrogen-bond donors (Lipinski definition) is 1. The zero-order valence-electron chi connectivity index (χ0n) is 12.2. The molecule has 0 bridgehead atoms. The Bertz CT molecular complexity index is 411. The van der Waals surface area contributed by atoms with Gasteiger partial charge in [0.25, 0.3) is 0 Å². The summed E-state index contributed by atoms with van der Waals surface area (Å²) in [5.41, 5.74) is 1.11. The van der Waals surface area contributed by atoms with E-state index in [1.54, 1.807) is 12.1 Å². The van der Waals surface area contributed by atoms with Crippen LogP contribution in [0.1, 0.15) is 33.3 Å². The van der Waals surface area contributed by atoms with E-state index in [9.17, 15) is 8.60 Å². The van der Waals surface area contributed by atoms with Gasteiger partial charge in [-0.05, 0) is 51.8 Å². The predicted octanol–water partition coefficient (Wildman–Crippen LogP) is 2.89. The first-order valence-electron chi connectivity index (χ1n) is 6.65. The zero-order valence-corrected chi connectivity index (χ0v) is 13.0. The highest BCUT2D eigenvalue weighted by Crippen LogP contribution is 2.10. The van der Waals surface area contributed by atoms with Gasteiger partial charge in [-0.1, -0.05) is 12.1 Å². The Morgan fingerprint density at radius 3 is 2.37 bits per heavy atom.